The number of carbonyl (C=O) groups is 1. The van der Waals surface area contributed by atoms with Gasteiger partial charge in [0.1, 0.15) is 0 Å². The summed E-state index contributed by atoms with van der Waals surface area (Å²) in [5.74, 6) is 1.28. The number of pyridine rings is 1. The minimum atomic E-state index is 0.103. The second-order valence-corrected chi connectivity index (χ2v) is 8.27. The van der Waals surface area contributed by atoms with E-state index in [1.807, 2.05) is 24.4 Å². The fourth-order valence-corrected chi connectivity index (χ4v) is 4.42. The van der Waals surface area contributed by atoms with E-state index in [2.05, 4.69) is 34.6 Å². The highest BCUT2D eigenvalue weighted by atomic mass is 35.5. The SMILES string of the molecule is O=C(C[C@H]1CC[C@@H](Cc2ccnc3ccccc23)CC1)Nc1ccc(Cl)cc1. The number of benzene rings is 2. The first-order chi connectivity index (χ1) is 13.7. The third-order valence-electron chi connectivity index (χ3n) is 5.82. The monoisotopic (exact) mass is 392 g/mol. The number of nitrogens with zero attached hydrogens (tertiary/aromatic N) is 1. The van der Waals surface area contributed by atoms with Crippen LogP contribution in [0.15, 0.2) is 60.8 Å². The predicted molar refractivity (Wildman–Crippen MR) is 116 cm³/mol. The minimum Gasteiger partial charge on any atom is -0.326 e. The molecule has 144 valence electrons. The highest BCUT2D eigenvalue weighted by molar-refractivity contribution is 6.30. The van der Waals surface area contributed by atoms with Gasteiger partial charge in [-0.1, -0.05) is 29.8 Å². The molecule has 1 aliphatic rings. The number of amides is 1. The van der Waals surface area contributed by atoms with Gasteiger partial charge in [0.15, 0.2) is 0 Å². The van der Waals surface area contributed by atoms with Gasteiger partial charge in [-0.25, -0.2) is 0 Å². The standard InChI is InChI=1S/C24H25ClN2O/c25-20-9-11-21(12-10-20)27-24(28)16-18-7-5-17(6-8-18)15-19-13-14-26-23-4-2-1-3-22(19)23/h1-4,9-14,17-18H,5-8,15-16H2,(H,27,28)/t17-,18+. The molecule has 1 N–H and O–H groups in total. The maximum absolute atomic E-state index is 12.3. The summed E-state index contributed by atoms with van der Waals surface area (Å²) >= 11 is 5.89. The molecule has 1 heterocycles. The molecule has 0 aliphatic heterocycles. The van der Waals surface area contributed by atoms with Crippen LogP contribution in [0.25, 0.3) is 10.9 Å². The van der Waals surface area contributed by atoms with Gasteiger partial charge in [0.2, 0.25) is 5.91 Å². The Morgan fingerprint density at radius 1 is 0.964 bits per heavy atom. The van der Waals surface area contributed by atoms with Crippen LogP contribution in [0.1, 0.15) is 37.7 Å². The number of carbonyl (C=O) groups excluding carboxylic acids is 1. The van der Waals surface area contributed by atoms with Crippen molar-refractivity contribution in [3.05, 3.63) is 71.4 Å². The van der Waals surface area contributed by atoms with Crippen molar-refractivity contribution in [1.29, 1.82) is 0 Å². The van der Waals surface area contributed by atoms with Crippen LogP contribution in [-0.2, 0) is 11.2 Å². The van der Waals surface area contributed by atoms with Crippen molar-refractivity contribution in [3.63, 3.8) is 0 Å². The molecule has 28 heavy (non-hydrogen) atoms. The van der Waals surface area contributed by atoms with Gasteiger partial charge in [0, 0.05) is 28.7 Å². The van der Waals surface area contributed by atoms with Crippen LogP contribution in [0, 0.1) is 11.8 Å². The average Bonchev–Trinajstić information content (AvgIpc) is 2.71. The third kappa shape index (κ3) is 4.71. The lowest BCUT2D eigenvalue weighted by atomic mass is 9.78. The normalized spacial score (nSPS) is 19.5. The molecular weight excluding hydrogens is 368 g/mol. The molecule has 0 radical (unpaired) electrons. The van der Waals surface area contributed by atoms with Crippen LogP contribution in [-0.4, -0.2) is 10.9 Å². The predicted octanol–water partition coefficient (Wildman–Crippen LogP) is 6.27. The van der Waals surface area contributed by atoms with E-state index in [1.165, 1.54) is 23.8 Å². The summed E-state index contributed by atoms with van der Waals surface area (Å²) in [4.78, 5) is 16.8. The summed E-state index contributed by atoms with van der Waals surface area (Å²) in [6.45, 7) is 0. The second-order valence-electron chi connectivity index (χ2n) is 7.84. The van der Waals surface area contributed by atoms with E-state index in [1.54, 1.807) is 12.1 Å². The Hall–Kier alpha value is -2.39. The summed E-state index contributed by atoms with van der Waals surface area (Å²) in [5.41, 5.74) is 3.29. The number of fused-ring (bicyclic) bond motifs is 1. The molecule has 4 heteroatoms. The van der Waals surface area contributed by atoms with Crippen molar-refractivity contribution in [2.75, 3.05) is 5.32 Å². The van der Waals surface area contributed by atoms with Crippen molar-refractivity contribution in [1.82, 2.24) is 4.98 Å². The molecule has 0 spiro atoms. The smallest absolute Gasteiger partial charge is 0.224 e. The maximum Gasteiger partial charge on any atom is 0.224 e. The Labute approximate surface area is 171 Å². The Bertz CT molecular complexity index is 941. The van der Waals surface area contributed by atoms with E-state index in [9.17, 15) is 4.79 Å². The fraction of sp³-hybridized carbons (Fsp3) is 0.333. The summed E-state index contributed by atoms with van der Waals surface area (Å²) in [6, 6.07) is 17.8. The summed E-state index contributed by atoms with van der Waals surface area (Å²) < 4.78 is 0. The Morgan fingerprint density at radius 3 is 2.46 bits per heavy atom. The molecule has 3 aromatic rings. The highest BCUT2D eigenvalue weighted by Gasteiger charge is 2.23. The van der Waals surface area contributed by atoms with E-state index in [-0.39, 0.29) is 5.91 Å². The molecule has 0 unspecified atom stereocenters. The Balaban J connectivity index is 1.28. The third-order valence-corrected chi connectivity index (χ3v) is 6.07. The molecule has 2 aromatic carbocycles. The zero-order valence-electron chi connectivity index (χ0n) is 15.9. The van der Waals surface area contributed by atoms with Crippen LogP contribution >= 0.6 is 11.6 Å². The molecule has 0 atom stereocenters. The van der Waals surface area contributed by atoms with Crippen molar-refractivity contribution in [2.24, 2.45) is 11.8 Å². The Kier molecular flexibility index (Phi) is 5.92. The lowest BCUT2D eigenvalue weighted by Crippen LogP contribution is -2.22. The first-order valence-electron chi connectivity index (χ1n) is 10.1. The van der Waals surface area contributed by atoms with Crippen molar-refractivity contribution >= 4 is 34.1 Å². The molecule has 1 amide bonds. The average molecular weight is 393 g/mol. The number of halogens is 1. The quantitative estimate of drug-likeness (QED) is 0.556. The van der Waals surface area contributed by atoms with Crippen molar-refractivity contribution < 1.29 is 4.79 Å². The number of aromatic nitrogens is 1. The van der Waals surface area contributed by atoms with Gasteiger partial charge in [0.05, 0.1) is 5.52 Å². The summed E-state index contributed by atoms with van der Waals surface area (Å²) in [5, 5.41) is 4.93. The first kappa shape index (κ1) is 18.9. The molecule has 1 saturated carbocycles. The molecule has 0 saturated heterocycles. The molecule has 3 nitrogen and oxygen atoms in total. The maximum atomic E-state index is 12.3. The van der Waals surface area contributed by atoms with Gasteiger partial charge < -0.3 is 5.32 Å². The van der Waals surface area contributed by atoms with Crippen molar-refractivity contribution in [2.45, 2.75) is 38.5 Å². The van der Waals surface area contributed by atoms with E-state index in [0.29, 0.717) is 23.3 Å². The van der Waals surface area contributed by atoms with Gasteiger partial charge in [-0.15, -0.1) is 0 Å². The fourth-order valence-electron chi connectivity index (χ4n) is 4.29. The number of hydrogen-bond donors (Lipinski definition) is 1. The number of rotatable bonds is 5. The van der Waals surface area contributed by atoms with E-state index < -0.39 is 0 Å². The van der Waals surface area contributed by atoms with Gasteiger partial charge in [-0.05, 0) is 85.9 Å². The molecule has 4 rings (SSSR count). The Morgan fingerprint density at radius 2 is 1.68 bits per heavy atom. The number of nitrogens with one attached hydrogen (secondary N) is 1. The summed E-state index contributed by atoms with van der Waals surface area (Å²) in [7, 11) is 0. The molecule has 1 aromatic heterocycles. The molecule has 1 aliphatic carbocycles. The van der Waals surface area contributed by atoms with Crippen LogP contribution < -0.4 is 5.32 Å². The van der Waals surface area contributed by atoms with E-state index in [4.69, 9.17) is 11.6 Å². The first-order valence-corrected chi connectivity index (χ1v) is 10.4. The van der Waals surface area contributed by atoms with E-state index >= 15 is 0 Å². The lowest BCUT2D eigenvalue weighted by molar-refractivity contribution is -0.117. The number of para-hydroxylation sites is 1. The molecule has 0 bridgehead atoms. The second kappa shape index (κ2) is 8.74. The largest absolute Gasteiger partial charge is 0.326 e. The van der Waals surface area contributed by atoms with Crippen LogP contribution in [0.5, 0.6) is 0 Å². The number of hydrogen-bond acceptors (Lipinski definition) is 2. The van der Waals surface area contributed by atoms with E-state index in [0.717, 1.165) is 30.5 Å². The van der Waals surface area contributed by atoms with Gasteiger partial charge >= 0.3 is 0 Å². The molecule has 1 fully saturated rings. The van der Waals surface area contributed by atoms with Gasteiger partial charge in [-0.3, -0.25) is 9.78 Å². The van der Waals surface area contributed by atoms with Crippen LogP contribution in [0.4, 0.5) is 5.69 Å². The summed E-state index contributed by atoms with van der Waals surface area (Å²) in [6.07, 6.45) is 8.26. The van der Waals surface area contributed by atoms with Crippen LogP contribution in [0.3, 0.4) is 0 Å². The van der Waals surface area contributed by atoms with Crippen molar-refractivity contribution in [3.8, 4) is 0 Å². The van der Waals surface area contributed by atoms with Crippen LogP contribution in [0.2, 0.25) is 5.02 Å². The highest BCUT2D eigenvalue weighted by Crippen LogP contribution is 2.34. The lowest BCUT2D eigenvalue weighted by Gasteiger charge is -2.28. The topological polar surface area (TPSA) is 42.0 Å². The molecular formula is C24H25ClN2O. The zero-order valence-corrected chi connectivity index (χ0v) is 16.7. The minimum absolute atomic E-state index is 0.103. The number of anilines is 1. The van der Waals surface area contributed by atoms with Gasteiger partial charge in [0.25, 0.3) is 0 Å². The zero-order chi connectivity index (χ0) is 19.3. The van der Waals surface area contributed by atoms with Gasteiger partial charge in [-0.2, -0.15) is 0 Å².